The van der Waals surface area contributed by atoms with Gasteiger partial charge in [-0.05, 0) is 0 Å². The first-order valence-corrected chi connectivity index (χ1v) is 13.2. The number of allylic oxidation sites excluding steroid dienone is 2. The van der Waals surface area contributed by atoms with Gasteiger partial charge in [0.05, 0.1) is 0 Å². The third-order valence-corrected chi connectivity index (χ3v) is 10.2. The van der Waals surface area contributed by atoms with Gasteiger partial charge in [-0.2, -0.15) is 10.2 Å². The van der Waals surface area contributed by atoms with E-state index in [0.717, 1.165) is 23.5 Å². The SMILES string of the molecule is C=C(N1N=C(C(C)(C)C)C[Si]12CC(C(C)(C)C)=NN2C(=C)C(C)(C)C)C(C)(C)C. The molecule has 0 saturated carbocycles. The van der Waals surface area contributed by atoms with E-state index in [-0.39, 0.29) is 21.7 Å². The van der Waals surface area contributed by atoms with Gasteiger partial charge >= 0.3 is 8.40 Å². The molecule has 0 aromatic carbocycles. The van der Waals surface area contributed by atoms with E-state index in [4.69, 9.17) is 10.2 Å². The molecule has 2 heterocycles. The van der Waals surface area contributed by atoms with Crippen LogP contribution in [-0.4, -0.2) is 29.2 Å². The van der Waals surface area contributed by atoms with Gasteiger partial charge in [0, 0.05) is 56.6 Å². The second-order valence-electron chi connectivity index (χ2n) is 12.9. The van der Waals surface area contributed by atoms with Gasteiger partial charge in [0.1, 0.15) is 0 Å². The van der Waals surface area contributed by atoms with Crippen molar-refractivity contribution in [3.05, 3.63) is 24.6 Å². The van der Waals surface area contributed by atoms with Gasteiger partial charge in [0.2, 0.25) is 0 Å². The summed E-state index contributed by atoms with van der Waals surface area (Å²) >= 11 is 0. The second-order valence-corrected chi connectivity index (χ2v) is 16.5. The van der Waals surface area contributed by atoms with Crippen LogP contribution in [0.3, 0.4) is 0 Å². The molecule has 164 valence electrons. The highest BCUT2D eigenvalue weighted by molar-refractivity contribution is 6.83. The van der Waals surface area contributed by atoms with E-state index in [1.165, 1.54) is 11.4 Å². The summed E-state index contributed by atoms with van der Waals surface area (Å²) in [6.07, 6.45) is 0. The number of hydrogen-bond donors (Lipinski definition) is 0. The molecule has 1 spiro atoms. The highest BCUT2D eigenvalue weighted by Gasteiger charge is 2.60. The van der Waals surface area contributed by atoms with Crippen molar-refractivity contribution >= 4 is 19.8 Å². The van der Waals surface area contributed by atoms with E-state index in [1.807, 2.05) is 0 Å². The van der Waals surface area contributed by atoms with Crippen molar-refractivity contribution in [3.63, 3.8) is 0 Å². The fraction of sp³-hybridized carbons (Fsp3) is 0.750. The minimum atomic E-state index is -2.36. The molecule has 0 atom stereocenters. The van der Waals surface area contributed by atoms with Crippen molar-refractivity contribution in [3.8, 4) is 0 Å². The van der Waals surface area contributed by atoms with Crippen LogP contribution in [0.5, 0.6) is 0 Å². The van der Waals surface area contributed by atoms with Crippen LogP contribution in [0.1, 0.15) is 83.1 Å². The average Bonchev–Trinajstić information content (AvgIpc) is 3.05. The van der Waals surface area contributed by atoms with Crippen LogP contribution >= 0.6 is 0 Å². The first kappa shape index (κ1) is 23.9. The molecule has 0 aliphatic carbocycles. The largest absolute Gasteiger partial charge is 0.320 e. The molecule has 4 nitrogen and oxygen atoms in total. The van der Waals surface area contributed by atoms with Crippen LogP contribution in [0, 0.1) is 21.7 Å². The maximum Gasteiger partial charge on any atom is 0.320 e. The topological polar surface area (TPSA) is 31.2 Å². The Morgan fingerprint density at radius 3 is 1.14 bits per heavy atom. The third-order valence-electron chi connectivity index (χ3n) is 6.11. The zero-order valence-electron chi connectivity index (χ0n) is 21.1. The lowest BCUT2D eigenvalue weighted by Gasteiger charge is -2.45. The van der Waals surface area contributed by atoms with Crippen molar-refractivity contribution in [2.24, 2.45) is 31.9 Å². The second kappa shape index (κ2) is 6.83. The lowest BCUT2D eigenvalue weighted by atomic mass is 9.91. The maximum atomic E-state index is 5.25. The fourth-order valence-electron chi connectivity index (χ4n) is 3.58. The molecule has 0 amide bonds. The van der Waals surface area contributed by atoms with Crippen molar-refractivity contribution in [2.45, 2.75) is 95.2 Å². The quantitative estimate of drug-likeness (QED) is 0.454. The predicted molar refractivity (Wildman–Crippen MR) is 130 cm³/mol. The van der Waals surface area contributed by atoms with Crippen molar-refractivity contribution in [2.75, 3.05) is 0 Å². The third kappa shape index (κ3) is 4.40. The number of hydrazone groups is 2. The highest BCUT2D eigenvalue weighted by atomic mass is 28.3. The van der Waals surface area contributed by atoms with Gasteiger partial charge in [-0.25, -0.2) is 0 Å². The fourth-order valence-corrected chi connectivity index (χ4v) is 9.04. The molecule has 2 aliphatic heterocycles. The van der Waals surface area contributed by atoms with Gasteiger partial charge in [0.25, 0.3) is 0 Å². The molecule has 2 aliphatic rings. The molecule has 2 rings (SSSR count). The Morgan fingerprint density at radius 2 is 0.931 bits per heavy atom. The zero-order valence-corrected chi connectivity index (χ0v) is 22.1. The highest BCUT2D eigenvalue weighted by Crippen LogP contribution is 2.49. The lowest BCUT2D eigenvalue weighted by Crippen LogP contribution is -2.59. The lowest BCUT2D eigenvalue weighted by molar-refractivity contribution is 0.323. The summed E-state index contributed by atoms with van der Waals surface area (Å²) in [6, 6.07) is 1.95. The van der Waals surface area contributed by atoms with Gasteiger partial charge in [-0.1, -0.05) is 96.2 Å². The Kier molecular flexibility index (Phi) is 5.63. The minimum Gasteiger partial charge on any atom is -0.274 e. The minimum absolute atomic E-state index is 0.0200. The van der Waals surface area contributed by atoms with Crippen LogP contribution in [0.2, 0.25) is 12.1 Å². The monoisotopic (exact) mass is 416 g/mol. The number of nitrogens with zero attached hydrogens (tertiary/aromatic N) is 4. The molecular weight excluding hydrogens is 372 g/mol. The molecule has 0 bridgehead atoms. The molecule has 0 radical (unpaired) electrons. The standard InChI is InChI=1S/C24H44N4Si/c1-17(21(3,4)5)27-25-19(23(9,10)11)15-29(27)16-20(24(12,13)14)26-28(29)18(2)22(6,7)8/h1-2,15-16H2,3-14H3. The van der Waals surface area contributed by atoms with Gasteiger partial charge in [-0.15, -0.1) is 0 Å². The van der Waals surface area contributed by atoms with Crippen molar-refractivity contribution < 1.29 is 0 Å². The van der Waals surface area contributed by atoms with Crippen LogP contribution in [0.15, 0.2) is 34.8 Å². The summed E-state index contributed by atoms with van der Waals surface area (Å²) in [5.74, 6) is 0. The molecule has 29 heavy (non-hydrogen) atoms. The first-order chi connectivity index (χ1) is 12.7. The molecule has 0 aromatic rings. The van der Waals surface area contributed by atoms with Gasteiger partial charge < -0.3 is 0 Å². The smallest absolute Gasteiger partial charge is 0.274 e. The molecule has 0 unspecified atom stereocenters. The number of rotatable bonds is 2. The van der Waals surface area contributed by atoms with E-state index in [0.29, 0.717) is 0 Å². The zero-order chi connectivity index (χ0) is 22.8. The van der Waals surface area contributed by atoms with Gasteiger partial charge in [0.15, 0.2) is 0 Å². The Bertz CT molecular complexity index is 695. The van der Waals surface area contributed by atoms with Crippen LogP contribution < -0.4 is 0 Å². The average molecular weight is 417 g/mol. The van der Waals surface area contributed by atoms with Crippen molar-refractivity contribution in [1.82, 2.24) is 9.35 Å². The molecular formula is C24H44N4Si. The van der Waals surface area contributed by atoms with E-state index >= 15 is 0 Å². The van der Waals surface area contributed by atoms with Crippen molar-refractivity contribution in [1.29, 1.82) is 0 Å². The van der Waals surface area contributed by atoms with Crippen LogP contribution in [0.25, 0.3) is 0 Å². The summed E-state index contributed by atoms with van der Waals surface area (Å²) < 4.78 is 4.65. The van der Waals surface area contributed by atoms with E-state index in [2.05, 4.69) is 106 Å². The summed E-state index contributed by atoms with van der Waals surface area (Å²) in [5.41, 5.74) is 4.60. The summed E-state index contributed by atoms with van der Waals surface area (Å²) in [6.45, 7) is 36.0. The van der Waals surface area contributed by atoms with Gasteiger partial charge in [-0.3, -0.25) is 9.35 Å². The molecule has 0 aromatic heterocycles. The Balaban J connectivity index is 2.70. The van der Waals surface area contributed by atoms with E-state index < -0.39 is 8.40 Å². The Hall–Kier alpha value is -1.36. The maximum absolute atomic E-state index is 5.25. The molecule has 5 heteroatoms. The van der Waals surface area contributed by atoms with Crippen LogP contribution in [-0.2, 0) is 0 Å². The summed E-state index contributed by atoms with van der Waals surface area (Å²) in [5, 5.41) is 10.5. The number of hydrogen-bond acceptors (Lipinski definition) is 4. The molecule has 0 N–H and O–H groups in total. The normalized spacial score (nSPS) is 20.3. The molecule has 0 fully saturated rings. The summed E-state index contributed by atoms with van der Waals surface area (Å²) in [7, 11) is -2.36. The van der Waals surface area contributed by atoms with E-state index in [9.17, 15) is 0 Å². The summed E-state index contributed by atoms with van der Waals surface area (Å²) in [4.78, 5) is 0. The first-order valence-electron chi connectivity index (χ1n) is 10.9. The Labute approximate surface area is 181 Å². The molecule has 0 saturated heterocycles. The Morgan fingerprint density at radius 1 is 0.655 bits per heavy atom. The van der Waals surface area contributed by atoms with E-state index in [1.54, 1.807) is 0 Å². The van der Waals surface area contributed by atoms with Crippen LogP contribution in [0.4, 0.5) is 0 Å². The predicted octanol–water partition coefficient (Wildman–Crippen LogP) is 6.98.